The van der Waals surface area contributed by atoms with Gasteiger partial charge in [0.1, 0.15) is 6.17 Å². The number of nitrogens with zero attached hydrogens (tertiary/aromatic N) is 2. The van der Waals surface area contributed by atoms with Gasteiger partial charge in [0.15, 0.2) is 5.11 Å². The number of alkyl halides is 3. The molecule has 1 atom stereocenters. The summed E-state index contributed by atoms with van der Waals surface area (Å²) in [5, 5.41) is 17.4. The number of hydrogen-bond donors (Lipinski definition) is 3. The summed E-state index contributed by atoms with van der Waals surface area (Å²) in [6.45, 7) is 5.82. The summed E-state index contributed by atoms with van der Waals surface area (Å²) >= 11 is 23.7. The molecule has 0 fully saturated rings. The van der Waals surface area contributed by atoms with E-state index in [2.05, 4.69) is 26.2 Å². The van der Waals surface area contributed by atoms with E-state index < -0.39 is 15.9 Å². The first-order valence-electron chi connectivity index (χ1n) is 10.6. The molecule has 6 nitrogen and oxygen atoms in total. The van der Waals surface area contributed by atoms with Crippen molar-refractivity contribution >= 4 is 75.1 Å². The van der Waals surface area contributed by atoms with Crippen molar-refractivity contribution in [1.82, 2.24) is 10.6 Å². The minimum absolute atomic E-state index is 0.169. The van der Waals surface area contributed by atoms with Gasteiger partial charge < -0.3 is 16.0 Å². The summed E-state index contributed by atoms with van der Waals surface area (Å²) < 4.78 is -1.86. The van der Waals surface area contributed by atoms with Crippen LogP contribution in [0.1, 0.15) is 27.0 Å². The highest BCUT2D eigenvalue weighted by Crippen LogP contribution is 2.30. The Kier molecular flexibility index (Phi) is 9.08. The molecule has 0 saturated heterocycles. The maximum atomic E-state index is 12.6. The fourth-order valence-electron chi connectivity index (χ4n) is 3.05. The van der Waals surface area contributed by atoms with Gasteiger partial charge in [-0.1, -0.05) is 70.7 Å². The molecule has 182 valence electrons. The summed E-state index contributed by atoms with van der Waals surface area (Å²) in [6, 6.07) is 20.3. The Hall–Kier alpha value is -2.71. The van der Waals surface area contributed by atoms with E-state index in [9.17, 15) is 4.79 Å². The largest absolute Gasteiger partial charge is 0.339 e. The fourth-order valence-corrected chi connectivity index (χ4v) is 3.60. The summed E-state index contributed by atoms with van der Waals surface area (Å²) in [6.07, 6.45) is -1.08. The zero-order valence-corrected chi connectivity index (χ0v) is 22.4. The number of carbonyl (C=O) groups is 1. The number of rotatable bonds is 6. The summed E-state index contributed by atoms with van der Waals surface area (Å²) in [4.78, 5) is 12.6. The number of hydrogen-bond acceptors (Lipinski definition) is 4. The maximum Gasteiger partial charge on any atom is 0.252 e. The smallest absolute Gasteiger partial charge is 0.252 e. The molecule has 35 heavy (non-hydrogen) atoms. The number of aryl methyl sites for hydroxylation is 3. The summed E-state index contributed by atoms with van der Waals surface area (Å²) in [5.41, 5.74) is 5.61. The van der Waals surface area contributed by atoms with Gasteiger partial charge in [-0.05, 0) is 80.5 Å². The van der Waals surface area contributed by atoms with Crippen molar-refractivity contribution in [3.8, 4) is 0 Å². The van der Waals surface area contributed by atoms with Gasteiger partial charge in [-0.2, -0.15) is 10.2 Å². The zero-order chi connectivity index (χ0) is 25.6. The van der Waals surface area contributed by atoms with Gasteiger partial charge in [0.2, 0.25) is 3.79 Å². The first kappa shape index (κ1) is 26.9. The van der Waals surface area contributed by atoms with E-state index in [1.54, 1.807) is 12.1 Å². The monoisotopic (exact) mass is 547 g/mol. The van der Waals surface area contributed by atoms with E-state index in [4.69, 9.17) is 47.0 Å². The van der Waals surface area contributed by atoms with Crippen molar-refractivity contribution < 1.29 is 4.79 Å². The number of carbonyl (C=O) groups excluding carboxylic acids is 1. The van der Waals surface area contributed by atoms with E-state index in [-0.39, 0.29) is 5.11 Å². The van der Waals surface area contributed by atoms with E-state index in [1.165, 1.54) is 0 Å². The molecule has 0 bridgehead atoms. The molecule has 0 saturated carbocycles. The van der Waals surface area contributed by atoms with Gasteiger partial charge in [-0.3, -0.25) is 4.79 Å². The molecule has 1 amide bonds. The lowest BCUT2D eigenvalue weighted by atomic mass is 10.1. The number of benzene rings is 3. The molecule has 0 spiro atoms. The fraction of sp³-hybridized carbons (Fsp3) is 0.200. The first-order valence-corrected chi connectivity index (χ1v) is 12.2. The van der Waals surface area contributed by atoms with Gasteiger partial charge in [0.25, 0.3) is 5.91 Å². The van der Waals surface area contributed by atoms with E-state index in [1.807, 2.05) is 75.4 Å². The molecule has 3 aromatic carbocycles. The number of anilines is 1. The quantitative estimate of drug-likeness (QED) is 0.129. The molecule has 3 N–H and O–H groups in total. The van der Waals surface area contributed by atoms with Crippen molar-refractivity contribution in [3.63, 3.8) is 0 Å². The maximum absolute atomic E-state index is 12.6. The number of thiocarbonyl (C=S) groups is 1. The molecule has 3 rings (SSSR count). The Balaban J connectivity index is 1.66. The second-order valence-corrected chi connectivity index (χ2v) is 10.7. The lowest BCUT2D eigenvalue weighted by Crippen LogP contribution is -2.56. The van der Waals surface area contributed by atoms with Crippen molar-refractivity contribution in [3.05, 3.63) is 89.0 Å². The average molecular weight is 549 g/mol. The molecule has 0 unspecified atom stereocenters. The van der Waals surface area contributed by atoms with Crippen LogP contribution in [0.25, 0.3) is 0 Å². The zero-order valence-electron chi connectivity index (χ0n) is 19.3. The second kappa shape index (κ2) is 11.8. The van der Waals surface area contributed by atoms with Gasteiger partial charge in [-0.25, -0.2) is 0 Å². The van der Waals surface area contributed by atoms with Gasteiger partial charge in [0, 0.05) is 11.3 Å². The first-order chi connectivity index (χ1) is 16.5. The van der Waals surface area contributed by atoms with Crippen LogP contribution in [0.5, 0.6) is 0 Å². The summed E-state index contributed by atoms with van der Waals surface area (Å²) in [7, 11) is 0. The van der Waals surface area contributed by atoms with Crippen molar-refractivity contribution in [2.75, 3.05) is 5.32 Å². The van der Waals surface area contributed by atoms with Crippen molar-refractivity contribution in [2.45, 2.75) is 30.7 Å². The lowest BCUT2D eigenvalue weighted by Gasteiger charge is -2.28. The Labute approximate surface area is 225 Å². The SMILES string of the molecule is Cc1ccc(C(=O)N[C@H](NC(=S)Nc2ccc(N=Nc3ccccc3C)cc2C)C(Cl)(Cl)Cl)cc1. The normalized spacial score (nSPS) is 12.3. The van der Waals surface area contributed by atoms with Crippen LogP contribution >= 0.6 is 47.0 Å². The molecular weight excluding hydrogens is 525 g/mol. The molecule has 0 heterocycles. The van der Waals surface area contributed by atoms with Crippen LogP contribution in [0.4, 0.5) is 17.1 Å². The molecule has 0 aliphatic carbocycles. The highest BCUT2D eigenvalue weighted by molar-refractivity contribution is 7.80. The van der Waals surface area contributed by atoms with Crippen LogP contribution in [0.3, 0.4) is 0 Å². The Morgan fingerprint density at radius 3 is 2.20 bits per heavy atom. The minimum Gasteiger partial charge on any atom is -0.339 e. The van der Waals surface area contributed by atoms with Crippen LogP contribution in [0.2, 0.25) is 0 Å². The third kappa shape index (κ3) is 7.90. The topological polar surface area (TPSA) is 77.9 Å². The van der Waals surface area contributed by atoms with Crippen molar-refractivity contribution in [2.24, 2.45) is 10.2 Å². The third-order valence-corrected chi connectivity index (χ3v) is 5.91. The van der Waals surface area contributed by atoms with Crippen LogP contribution in [-0.4, -0.2) is 21.0 Å². The molecule has 0 aliphatic rings. The number of azo groups is 1. The Bertz CT molecular complexity index is 1240. The highest BCUT2D eigenvalue weighted by atomic mass is 35.6. The molecule has 10 heteroatoms. The Morgan fingerprint density at radius 2 is 1.57 bits per heavy atom. The standard InChI is InChI=1S/C25H24Cl3N5OS/c1-15-8-10-18(11-9-15)22(34)30-23(25(26,27)28)31-24(35)29-20-13-12-19(14-17(20)3)32-33-21-7-5-4-6-16(21)2/h4-14,23H,1-3H3,(H,30,34)(H2,29,31,35)/t23-/m1/s1. The van der Waals surface area contributed by atoms with Crippen LogP contribution < -0.4 is 16.0 Å². The Morgan fingerprint density at radius 1 is 0.886 bits per heavy atom. The third-order valence-electron chi connectivity index (χ3n) is 5.04. The van der Waals surface area contributed by atoms with Gasteiger partial charge in [0.05, 0.1) is 11.4 Å². The summed E-state index contributed by atoms with van der Waals surface area (Å²) in [5.74, 6) is -0.406. The number of halogens is 3. The van der Waals surface area contributed by atoms with Crippen LogP contribution in [-0.2, 0) is 0 Å². The lowest BCUT2D eigenvalue weighted by molar-refractivity contribution is 0.0934. The molecule has 0 aliphatic heterocycles. The molecular formula is C25H24Cl3N5OS. The van der Waals surface area contributed by atoms with Gasteiger partial charge >= 0.3 is 0 Å². The van der Waals surface area contributed by atoms with E-state index in [0.717, 1.165) is 28.1 Å². The average Bonchev–Trinajstić information content (AvgIpc) is 2.79. The van der Waals surface area contributed by atoms with Crippen molar-refractivity contribution in [1.29, 1.82) is 0 Å². The number of nitrogens with one attached hydrogen (secondary N) is 3. The highest BCUT2D eigenvalue weighted by Gasteiger charge is 2.35. The molecule has 0 aromatic heterocycles. The predicted octanol–water partition coefficient (Wildman–Crippen LogP) is 7.44. The van der Waals surface area contributed by atoms with Crippen LogP contribution in [0.15, 0.2) is 77.0 Å². The number of amides is 1. The van der Waals surface area contributed by atoms with E-state index in [0.29, 0.717) is 11.3 Å². The predicted molar refractivity (Wildman–Crippen MR) is 149 cm³/mol. The van der Waals surface area contributed by atoms with Gasteiger partial charge in [-0.15, -0.1) is 0 Å². The van der Waals surface area contributed by atoms with Crippen LogP contribution in [0, 0.1) is 20.8 Å². The van der Waals surface area contributed by atoms with E-state index >= 15 is 0 Å². The molecule has 3 aromatic rings. The second-order valence-electron chi connectivity index (χ2n) is 7.90. The minimum atomic E-state index is -1.86. The molecule has 0 radical (unpaired) electrons.